The predicted octanol–water partition coefficient (Wildman–Crippen LogP) is 1.73. The second-order valence-electron chi connectivity index (χ2n) is 7.57. The molecular formula is C21H28N4O4S. The van der Waals surface area contributed by atoms with E-state index in [1.54, 1.807) is 31.0 Å². The third-order valence-corrected chi connectivity index (χ3v) is 6.56. The molecular weight excluding hydrogens is 404 g/mol. The summed E-state index contributed by atoms with van der Waals surface area (Å²) in [5.74, 6) is 0.0284. The number of nitrogens with zero attached hydrogens (tertiary/aromatic N) is 3. The van der Waals surface area contributed by atoms with Crippen molar-refractivity contribution in [2.75, 3.05) is 33.3 Å². The molecule has 1 amide bonds. The van der Waals surface area contributed by atoms with Crippen LogP contribution in [0.3, 0.4) is 0 Å². The number of piperazine rings is 1. The third-order valence-electron chi connectivity index (χ3n) is 4.88. The Bertz CT molecular complexity index is 972. The summed E-state index contributed by atoms with van der Waals surface area (Å²) in [6.07, 6.45) is 3.60. The number of hydrogen-bond acceptors (Lipinski definition) is 6. The van der Waals surface area contributed by atoms with Crippen LogP contribution in [0.2, 0.25) is 0 Å². The molecule has 2 aromatic rings. The van der Waals surface area contributed by atoms with E-state index in [4.69, 9.17) is 4.74 Å². The third kappa shape index (κ3) is 5.35. The molecule has 0 unspecified atom stereocenters. The molecule has 0 atom stereocenters. The molecule has 9 heteroatoms. The van der Waals surface area contributed by atoms with Crippen molar-refractivity contribution in [1.29, 1.82) is 0 Å². The van der Waals surface area contributed by atoms with Crippen molar-refractivity contribution in [3.8, 4) is 5.75 Å². The van der Waals surface area contributed by atoms with E-state index in [9.17, 15) is 13.2 Å². The molecule has 0 spiro atoms. The number of nitrogens with one attached hydrogen (secondary N) is 1. The van der Waals surface area contributed by atoms with Gasteiger partial charge in [0, 0.05) is 56.7 Å². The Balaban J connectivity index is 1.71. The van der Waals surface area contributed by atoms with Crippen molar-refractivity contribution >= 4 is 15.9 Å². The first-order valence-corrected chi connectivity index (χ1v) is 11.4. The van der Waals surface area contributed by atoms with Crippen LogP contribution >= 0.6 is 0 Å². The topological polar surface area (TPSA) is 91.8 Å². The number of ether oxygens (including phenoxy) is 1. The summed E-state index contributed by atoms with van der Waals surface area (Å²) in [6.45, 7) is 6.93. The smallest absolute Gasteiger partial charge is 0.253 e. The van der Waals surface area contributed by atoms with Crippen LogP contribution < -0.4 is 9.46 Å². The van der Waals surface area contributed by atoms with Crippen LogP contribution in [0.25, 0.3) is 0 Å². The molecule has 1 N–H and O–H groups in total. The summed E-state index contributed by atoms with van der Waals surface area (Å²) in [6, 6.07) is 8.21. The van der Waals surface area contributed by atoms with Crippen molar-refractivity contribution in [2.24, 2.45) is 0 Å². The zero-order valence-electron chi connectivity index (χ0n) is 17.5. The largest absolute Gasteiger partial charge is 0.495 e. The van der Waals surface area contributed by atoms with Crippen LogP contribution in [0.5, 0.6) is 5.75 Å². The van der Waals surface area contributed by atoms with Crippen molar-refractivity contribution < 1.29 is 17.9 Å². The maximum Gasteiger partial charge on any atom is 0.253 e. The molecule has 8 nitrogen and oxygen atoms in total. The highest BCUT2D eigenvalue weighted by molar-refractivity contribution is 7.89. The van der Waals surface area contributed by atoms with Gasteiger partial charge in [0.25, 0.3) is 5.91 Å². The molecule has 1 aromatic heterocycles. The molecule has 1 aliphatic rings. The fraction of sp³-hybridized carbons (Fsp3) is 0.429. The fourth-order valence-electron chi connectivity index (χ4n) is 3.44. The second kappa shape index (κ2) is 9.55. The second-order valence-corrected chi connectivity index (χ2v) is 9.25. The van der Waals surface area contributed by atoms with Gasteiger partial charge < -0.3 is 9.64 Å². The first kappa shape index (κ1) is 22.2. The Morgan fingerprint density at radius 1 is 1.20 bits per heavy atom. The minimum absolute atomic E-state index is 0.0280. The summed E-state index contributed by atoms with van der Waals surface area (Å²) < 4.78 is 33.1. The van der Waals surface area contributed by atoms with Crippen LogP contribution in [0.4, 0.5) is 0 Å². The van der Waals surface area contributed by atoms with Crippen LogP contribution in [0.1, 0.15) is 29.8 Å². The number of aromatic nitrogens is 1. The number of methoxy groups -OCH3 is 1. The lowest BCUT2D eigenvalue weighted by Gasteiger charge is -2.34. The van der Waals surface area contributed by atoms with Gasteiger partial charge in [-0.3, -0.25) is 14.7 Å². The van der Waals surface area contributed by atoms with Gasteiger partial charge in [0.2, 0.25) is 10.0 Å². The Kier molecular flexibility index (Phi) is 7.06. The highest BCUT2D eigenvalue weighted by Crippen LogP contribution is 2.26. The Labute approximate surface area is 177 Å². The Morgan fingerprint density at radius 3 is 2.53 bits per heavy atom. The summed E-state index contributed by atoms with van der Waals surface area (Å²) >= 11 is 0. The monoisotopic (exact) mass is 432 g/mol. The fourth-order valence-corrected chi connectivity index (χ4v) is 4.88. The lowest BCUT2D eigenvalue weighted by Crippen LogP contribution is -2.48. The number of carbonyl (C=O) groups excluding carboxylic acids is 1. The van der Waals surface area contributed by atoms with E-state index in [0.717, 1.165) is 25.2 Å². The van der Waals surface area contributed by atoms with Gasteiger partial charge >= 0.3 is 0 Å². The molecule has 1 aliphatic heterocycles. The molecule has 1 fully saturated rings. The van der Waals surface area contributed by atoms with E-state index in [-0.39, 0.29) is 22.6 Å². The molecule has 0 bridgehead atoms. The van der Waals surface area contributed by atoms with Gasteiger partial charge in [0.05, 0.1) is 7.11 Å². The van der Waals surface area contributed by atoms with E-state index in [1.807, 2.05) is 18.3 Å². The van der Waals surface area contributed by atoms with E-state index in [2.05, 4.69) is 14.6 Å². The van der Waals surface area contributed by atoms with Gasteiger partial charge in [-0.1, -0.05) is 6.07 Å². The van der Waals surface area contributed by atoms with Gasteiger partial charge in [-0.15, -0.1) is 0 Å². The van der Waals surface area contributed by atoms with Crippen molar-refractivity contribution in [2.45, 2.75) is 31.3 Å². The van der Waals surface area contributed by atoms with Crippen molar-refractivity contribution in [3.63, 3.8) is 0 Å². The maximum absolute atomic E-state index is 13.0. The van der Waals surface area contributed by atoms with Crippen LogP contribution in [-0.4, -0.2) is 68.4 Å². The number of benzene rings is 1. The number of amides is 1. The maximum atomic E-state index is 13.0. The van der Waals surface area contributed by atoms with Crippen LogP contribution in [-0.2, 0) is 16.6 Å². The summed E-state index contributed by atoms with van der Waals surface area (Å²) in [4.78, 5) is 21.1. The highest BCUT2D eigenvalue weighted by atomic mass is 32.2. The van der Waals surface area contributed by atoms with E-state index < -0.39 is 10.0 Å². The molecule has 1 aromatic carbocycles. The first-order valence-electron chi connectivity index (χ1n) is 9.91. The van der Waals surface area contributed by atoms with E-state index >= 15 is 0 Å². The molecule has 1 saturated heterocycles. The van der Waals surface area contributed by atoms with Crippen molar-refractivity contribution in [1.82, 2.24) is 19.5 Å². The van der Waals surface area contributed by atoms with E-state index in [1.165, 1.54) is 19.2 Å². The lowest BCUT2D eigenvalue weighted by atomic mass is 10.1. The summed E-state index contributed by atoms with van der Waals surface area (Å²) in [7, 11) is -2.38. The number of hydrogen-bond donors (Lipinski definition) is 1. The average Bonchev–Trinajstić information content (AvgIpc) is 2.73. The molecule has 3 rings (SSSR count). The standard InChI is InChI=1S/C21H28N4O4S/c1-16(2)23-30(27,28)20-13-18(6-7-19(20)29-3)21(26)25-11-9-24(10-12-25)15-17-5-4-8-22-14-17/h4-8,13-14,16,23H,9-12,15H2,1-3H3. The molecule has 0 aliphatic carbocycles. The molecule has 0 saturated carbocycles. The Morgan fingerprint density at radius 2 is 1.93 bits per heavy atom. The molecule has 162 valence electrons. The van der Waals surface area contributed by atoms with Gasteiger partial charge in [0.15, 0.2) is 0 Å². The quantitative estimate of drug-likeness (QED) is 0.717. The SMILES string of the molecule is COc1ccc(C(=O)N2CCN(Cc3cccnc3)CC2)cc1S(=O)(=O)NC(C)C. The summed E-state index contributed by atoms with van der Waals surface area (Å²) in [5, 5.41) is 0. The first-order chi connectivity index (χ1) is 14.3. The van der Waals surface area contributed by atoms with Crippen molar-refractivity contribution in [3.05, 3.63) is 53.9 Å². The zero-order chi connectivity index (χ0) is 21.7. The van der Waals surface area contributed by atoms with E-state index in [0.29, 0.717) is 18.7 Å². The summed E-state index contributed by atoms with van der Waals surface area (Å²) in [5.41, 5.74) is 1.47. The number of rotatable bonds is 7. The normalized spacial score (nSPS) is 15.4. The highest BCUT2D eigenvalue weighted by Gasteiger charge is 2.26. The Hall–Kier alpha value is -2.49. The van der Waals surface area contributed by atoms with Gasteiger partial charge in [-0.05, 0) is 43.7 Å². The average molecular weight is 433 g/mol. The minimum Gasteiger partial charge on any atom is -0.495 e. The minimum atomic E-state index is -3.79. The lowest BCUT2D eigenvalue weighted by molar-refractivity contribution is 0.0628. The van der Waals surface area contributed by atoms with Crippen LogP contribution in [0, 0.1) is 0 Å². The van der Waals surface area contributed by atoms with Gasteiger partial charge in [0.1, 0.15) is 10.6 Å². The number of sulfonamides is 1. The molecule has 0 radical (unpaired) electrons. The van der Waals surface area contributed by atoms with Gasteiger partial charge in [-0.2, -0.15) is 0 Å². The predicted molar refractivity (Wildman–Crippen MR) is 114 cm³/mol. The number of pyridine rings is 1. The number of carbonyl (C=O) groups is 1. The van der Waals surface area contributed by atoms with Crippen LogP contribution in [0.15, 0.2) is 47.6 Å². The van der Waals surface area contributed by atoms with Gasteiger partial charge in [-0.25, -0.2) is 13.1 Å². The molecule has 2 heterocycles. The zero-order valence-corrected chi connectivity index (χ0v) is 18.4. The molecule has 30 heavy (non-hydrogen) atoms.